The summed E-state index contributed by atoms with van der Waals surface area (Å²) in [6.45, 7) is 4.11. The number of rotatable bonds is 6. The van der Waals surface area contributed by atoms with Crippen LogP contribution in [0.5, 0.6) is 0 Å². The number of nitrogens with one attached hydrogen (secondary N) is 3. The predicted molar refractivity (Wildman–Crippen MR) is 70.6 cm³/mol. The van der Waals surface area contributed by atoms with Gasteiger partial charge in [-0.15, -0.1) is 0 Å². The summed E-state index contributed by atoms with van der Waals surface area (Å²) >= 11 is 0. The van der Waals surface area contributed by atoms with Crippen LogP contribution < -0.4 is 10.6 Å². The van der Waals surface area contributed by atoms with Crippen LogP contribution in [0.1, 0.15) is 29.5 Å². The average Bonchev–Trinajstić information content (AvgIpc) is 2.67. The van der Waals surface area contributed by atoms with Gasteiger partial charge in [-0.3, -0.25) is 0 Å². The molecule has 1 heterocycles. The number of ether oxygens (including phenoxy) is 1. The summed E-state index contributed by atoms with van der Waals surface area (Å²) in [6, 6.07) is 1.07. The van der Waals surface area contributed by atoms with Gasteiger partial charge in [0, 0.05) is 25.5 Å². The molecule has 1 unspecified atom stereocenters. The van der Waals surface area contributed by atoms with Crippen LogP contribution in [0.3, 0.4) is 0 Å². The highest BCUT2D eigenvalue weighted by molar-refractivity contribution is 5.99. The van der Waals surface area contributed by atoms with Crippen molar-refractivity contribution in [2.24, 2.45) is 0 Å². The number of anilines is 1. The van der Waals surface area contributed by atoms with Crippen molar-refractivity contribution in [2.75, 3.05) is 19.0 Å². The van der Waals surface area contributed by atoms with E-state index in [9.17, 15) is 9.59 Å². The minimum atomic E-state index is -1.11. The van der Waals surface area contributed by atoms with Gasteiger partial charge >= 0.3 is 12.0 Å². The maximum atomic E-state index is 11.7. The number of H-pyrrole nitrogens is 1. The number of hydrogen-bond acceptors (Lipinski definition) is 3. The van der Waals surface area contributed by atoms with Crippen molar-refractivity contribution in [1.29, 1.82) is 0 Å². The summed E-state index contributed by atoms with van der Waals surface area (Å²) < 4.78 is 4.91. The zero-order valence-electron chi connectivity index (χ0n) is 11.2. The third-order valence-electron chi connectivity index (χ3n) is 2.55. The Labute approximate surface area is 111 Å². The molecule has 106 valence electrons. The number of aromatic nitrogens is 1. The Morgan fingerprint density at radius 3 is 2.79 bits per heavy atom. The van der Waals surface area contributed by atoms with Gasteiger partial charge in [0.25, 0.3) is 0 Å². The van der Waals surface area contributed by atoms with Gasteiger partial charge < -0.3 is 25.5 Å². The Kier molecular flexibility index (Phi) is 5.37. The van der Waals surface area contributed by atoms with E-state index >= 15 is 0 Å². The van der Waals surface area contributed by atoms with E-state index in [0.29, 0.717) is 18.7 Å². The molecule has 0 radical (unpaired) electrons. The first-order chi connectivity index (χ1) is 8.93. The van der Waals surface area contributed by atoms with Crippen LogP contribution in [-0.4, -0.2) is 41.8 Å². The summed E-state index contributed by atoms with van der Waals surface area (Å²) in [5.74, 6) is -1.11. The molecule has 0 spiro atoms. The third-order valence-corrected chi connectivity index (χ3v) is 2.55. The van der Waals surface area contributed by atoms with E-state index in [4.69, 9.17) is 9.84 Å². The molecule has 0 fully saturated rings. The molecular weight excluding hydrogens is 250 g/mol. The van der Waals surface area contributed by atoms with Crippen molar-refractivity contribution in [3.8, 4) is 0 Å². The quantitative estimate of drug-likeness (QED) is 0.629. The molecule has 0 aliphatic carbocycles. The van der Waals surface area contributed by atoms with E-state index in [1.165, 1.54) is 0 Å². The fourth-order valence-electron chi connectivity index (χ4n) is 1.61. The van der Waals surface area contributed by atoms with Crippen molar-refractivity contribution in [2.45, 2.75) is 26.3 Å². The Morgan fingerprint density at radius 2 is 2.21 bits per heavy atom. The highest BCUT2D eigenvalue weighted by Gasteiger charge is 2.16. The third kappa shape index (κ3) is 4.63. The van der Waals surface area contributed by atoms with Gasteiger partial charge in [-0.05, 0) is 26.3 Å². The molecule has 1 rings (SSSR count). The highest BCUT2D eigenvalue weighted by atomic mass is 16.5. The molecular formula is C12H19N3O4. The van der Waals surface area contributed by atoms with Crippen LogP contribution in [-0.2, 0) is 4.74 Å². The Bertz CT molecular complexity index is 456. The van der Waals surface area contributed by atoms with Crippen LogP contribution in [0.15, 0.2) is 6.07 Å². The van der Waals surface area contributed by atoms with E-state index in [2.05, 4.69) is 15.6 Å². The van der Waals surface area contributed by atoms with E-state index in [0.717, 1.165) is 0 Å². The maximum absolute atomic E-state index is 11.7. The molecule has 7 nitrogen and oxygen atoms in total. The van der Waals surface area contributed by atoms with Gasteiger partial charge in [-0.25, -0.2) is 9.59 Å². The number of hydrogen-bond donors (Lipinski definition) is 4. The molecule has 0 saturated carbocycles. The maximum Gasteiger partial charge on any atom is 0.354 e. The first-order valence-corrected chi connectivity index (χ1v) is 5.93. The second-order valence-corrected chi connectivity index (χ2v) is 4.33. The molecule has 4 N–H and O–H groups in total. The number of aryl methyl sites for hydroxylation is 1. The molecule has 1 aromatic rings. The number of methoxy groups -OCH3 is 1. The van der Waals surface area contributed by atoms with Crippen LogP contribution in [0.2, 0.25) is 0 Å². The molecule has 1 aromatic heterocycles. The van der Waals surface area contributed by atoms with E-state index in [-0.39, 0.29) is 17.4 Å². The largest absolute Gasteiger partial charge is 0.477 e. The van der Waals surface area contributed by atoms with Crippen molar-refractivity contribution < 1.29 is 19.4 Å². The Morgan fingerprint density at radius 1 is 1.53 bits per heavy atom. The number of aromatic amines is 1. The van der Waals surface area contributed by atoms with E-state index in [1.807, 2.05) is 6.92 Å². The lowest BCUT2D eigenvalue weighted by Gasteiger charge is -2.13. The molecule has 0 aromatic carbocycles. The highest BCUT2D eigenvalue weighted by Crippen LogP contribution is 2.16. The van der Waals surface area contributed by atoms with Gasteiger partial charge in [0.15, 0.2) is 0 Å². The molecule has 2 amide bonds. The second kappa shape index (κ2) is 6.79. The Hall–Kier alpha value is -2.02. The summed E-state index contributed by atoms with van der Waals surface area (Å²) in [5.41, 5.74) is 0.888. The molecule has 0 saturated heterocycles. The number of carboxylic acids is 1. The van der Waals surface area contributed by atoms with Crippen molar-refractivity contribution in [3.05, 3.63) is 17.5 Å². The van der Waals surface area contributed by atoms with Crippen LogP contribution in [0.4, 0.5) is 10.5 Å². The lowest BCUT2D eigenvalue weighted by atomic mass is 10.2. The lowest BCUT2D eigenvalue weighted by molar-refractivity contribution is 0.0692. The van der Waals surface area contributed by atoms with Crippen molar-refractivity contribution >= 4 is 17.7 Å². The standard InChI is InChI=1S/C12H19N3O4/c1-7(4-5-19-3)14-12(18)15-9-6-8(2)13-10(9)11(16)17/h6-7,13H,4-5H2,1-3H3,(H,16,17)(H2,14,15,18). The number of carbonyl (C=O) groups excluding carboxylic acids is 1. The molecule has 1 atom stereocenters. The summed E-state index contributed by atoms with van der Waals surface area (Å²) in [7, 11) is 1.59. The molecule has 7 heteroatoms. The van der Waals surface area contributed by atoms with E-state index in [1.54, 1.807) is 20.1 Å². The predicted octanol–water partition coefficient (Wildman–Crippen LogP) is 1.57. The molecule has 0 bridgehead atoms. The van der Waals surface area contributed by atoms with Gasteiger partial charge in [-0.1, -0.05) is 0 Å². The van der Waals surface area contributed by atoms with Crippen molar-refractivity contribution in [3.63, 3.8) is 0 Å². The summed E-state index contributed by atoms with van der Waals surface area (Å²) in [5, 5.41) is 14.2. The fourth-order valence-corrected chi connectivity index (χ4v) is 1.61. The average molecular weight is 269 g/mol. The van der Waals surface area contributed by atoms with Gasteiger partial charge in [0.05, 0.1) is 5.69 Å². The monoisotopic (exact) mass is 269 g/mol. The minimum absolute atomic E-state index is 0.0304. The number of carboxylic acid groups (broad SMARTS) is 1. The van der Waals surface area contributed by atoms with Crippen LogP contribution in [0, 0.1) is 6.92 Å². The van der Waals surface area contributed by atoms with Crippen LogP contribution >= 0.6 is 0 Å². The minimum Gasteiger partial charge on any atom is -0.477 e. The summed E-state index contributed by atoms with van der Waals surface area (Å²) in [4.78, 5) is 25.3. The Balaban J connectivity index is 2.59. The normalized spacial score (nSPS) is 11.9. The first-order valence-electron chi connectivity index (χ1n) is 5.93. The van der Waals surface area contributed by atoms with Gasteiger partial charge in [0.1, 0.15) is 5.69 Å². The van der Waals surface area contributed by atoms with E-state index < -0.39 is 12.0 Å². The van der Waals surface area contributed by atoms with Gasteiger partial charge in [-0.2, -0.15) is 0 Å². The summed E-state index contributed by atoms with van der Waals surface area (Å²) in [6.07, 6.45) is 0.682. The zero-order chi connectivity index (χ0) is 14.4. The smallest absolute Gasteiger partial charge is 0.354 e. The topological polar surface area (TPSA) is 103 Å². The fraction of sp³-hybridized carbons (Fsp3) is 0.500. The number of urea groups is 1. The second-order valence-electron chi connectivity index (χ2n) is 4.33. The first kappa shape index (κ1) is 15.0. The molecule has 0 aliphatic rings. The number of amides is 2. The number of aromatic carboxylic acids is 1. The zero-order valence-corrected chi connectivity index (χ0v) is 11.2. The molecule has 0 aliphatic heterocycles. The van der Waals surface area contributed by atoms with Crippen molar-refractivity contribution in [1.82, 2.24) is 10.3 Å². The SMILES string of the molecule is COCCC(C)NC(=O)Nc1cc(C)[nH]c1C(=O)O. The number of carbonyl (C=O) groups is 2. The lowest BCUT2D eigenvalue weighted by Crippen LogP contribution is -2.36. The van der Waals surface area contributed by atoms with Gasteiger partial charge in [0.2, 0.25) is 0 Å². The molecule has 19 heavy (non-hydrogen) atoms. The van der Waals surface area contributed by atoms with Crippen LogP contribution in [0.25, 0.3) is 0 Å².